The summed E-state index contributed by atoms with van der Waals surface area (Å²) in [5.74, 6) is -4.91. The van der Waals surface area contributed by atoms with Crippen LogP contribution in [0.2, 0.25) is 0 Å². The number of carbonyl (C=O) groups excluding carboxylic acids is 5. The SMILES string of the molecule is NCCCC[C@H](NC(=O)[C@H](Cc1c[nH]c2ccccc12)NC(=O)CNC(=O)[C@H](Cc1ccc(O)cc1)NC(=O)[C@H](CCCCN)NC(=O)[C@@H](N)CCCN=C(N)N)C(=O)O. The molecular weight excluding hydrogens is 777 g/mol. The Bertz CT molecular complexity index is 1900. The summed E-state index contributed by atoms with van der Waals surface area (Å²) in [7, 11) is 0. The Labute approximate surface area is 348 Å². The Kier molecular flexibility index (Phi) is 20.3. The number of benzene rings is 2. The van der Waals surface area contributed by atoms with Crippen LogP contribution >= 0.6 is 0 Å². The Balaban J connectivity index is 1.78. The van der Waals surface area contributed by atoms with Gasteiger partial charge < -0.3 is 70.4 Å². The molecule has 0 saturated carbocycles. The first-order valence-electron chi connectivity index (χ1n) is 20.0. The van der Waals surface area contributed by atoms with Crippen molar-refractivity contribution in [2.45, 2.75) is 94.4 Å². The predicted octanol–water partition coefficient (Wildman–Crippen LogP) is -1.56. The van der Waals surface area contributed by atoms with Crippen molar-refractivity contribution in [1.82, 2.24) is 31.6 Å². The molecule has 0 fully saturated rings. The summed E-state index contributed by atoms with van der Waals surface area (Å²) in [5, 5.41) is 33.5. The van der Waals surface area contributed by atoms with Crippen LogP contribution in [-0.4, -0.2) is 113 Å². The van der Waals surface area contributed by atoms with Crippen molar-refractivity contribution >= 4 is 52.4 Å². The number of carbonyl (C=O) groups is 6. The Morgan fingerprint density at radius 3 is 1.93 bits per heavy atom. The van der Waals surface area contributed by atoms with E-state index >= 15 is 0 Å². The number of phenols is 1. The van der Waals surface area contributed by atoms with Gasteiger partial charge in [-0.25, -0.2) is 4.79 Å². The number of amides is 5. The van der Waals surface area contributed by atoms with Gasteiger partial charge in [-0.1, -0.05) is 30.3 Å². The number of carboxylic acid groups (broad SMARTS) is 1. The summed E-state index contributed by atoms with van der Waals surface area (Å²) < 4.78 is 0. The van der Waals surface area contributed by atoms with Crippen molar-refractivity contribution in [3.63, 3.8) is 0 Å². The van der Waals surface area contributed by atoms with E-state index in [2.05, 4.69) is 36.6 Å². The molecular formula is C40H60N12O8. The van der Waals surface area contributed by atoms with Crippen molar-refractivity contribution in [2.75, 3.05) is 26.2 Å². The molecule has 1 aromatic heterocycles. The van der Waals surface area contributed by atoms with Gasteiger partial charge in [0, 0.05) is 36.5 Å². The number of rotatable bonds is 27. The lowest BCUT2D eigenvalue weighted by Crippen LogP contribution is -2.57. The van der Waals surface area contributed by atoms with Crippen molar-refractivity contribution in [3.8, 4) is 5.75 Å². The van der Waals surface area contributed by atoms with E-state index in [4.69, 9.17) is 28.7 Å². The second-order valence-electron chi connectivity index (χ2n) is 14.4. The van der Waals surface area contributed by atoms with E-state index in [0.29, 0.717) is 56.3 Å². The molecule has 0 aliphatic heterocycles. The second kappa shape index (κ2) is 25.3. The number of unbranched alkanes of at least 4 members (excludes halogenated alkanes) is 2. The van der Waals surface area contributed by atoms with E-state index in [1.54, 1.807) is 18.3 Å². The number of aliphatic imine (C=N–C) groups is 1. The van der Waals surface area contributed by atoms with Gasteiger partial charge in [0.05, 0.1) is 12.6 Å². The van der Waals surface area contributed by atoms with E-state index in [1.807, 2.05) is 24.3 Å². The highest BCUT2D eigenvalue weighted by atomic mass is 16.4. The maximum atomic E-state index is 13.8. The third kappa shape index (κ3) is 16.5. The zero-order valence-corrected chi connectivity index (χ0v) is 33.7. The Morgan fingerprint density at radius 1 is 0.683 bits per heavy atom. The molecule has 3 aromatic rings. The number of hydrogen-bond donors (Lipinski definition) is 13. The molecule has 5 amide bonds. The van der Waals surface area contributed by atoms with Gasteiger partial charge in [-0.3, -0.25) is 29.0 Å². The molecule has 2 aromatic carbocycles. The van der Waals surface area contributed by atoms with E-state index in [9.17, 15) is 39.0 Å². The Hall–Kier alpha value is -6.25. The number of guanidine groups is 1. The molecule has 0 radical (unpaired) electrons. The summed E-state index contributed by atoms with van der Waals surface area (Å²) >= 11 is 0. The quantitative estimate of drug-likeness (QED) is 0.0235. The first-order valence-corrected chi connectivity index (χ1v) is 20.0. The predicted molar refractivity (Wildman–Crippen MR) is 226 cm³/mol. The van der Waals surface area contributed by atoms with E-state index < -0.39 is 72.3 Å². The van der Waals surface area contributed by atoms with Crippen LogP contribution in [0.15, 0.2) is 59.7 Å². The molecule has 5 atom stereocenters. The molecule has 20 nitrogen and oxygen atoms in total. The minimum Gasteiger partial charge on any atom is -0.508 e. The summed E-state index contributed by atoms with van der Waals surface area (Å²) in [6.07, 6.45) is 4.60. The van der Waals surface area contributed by atoms with Gasteiger partial charge in [0.25, 0.3) is 0 Å². The first kappa shape index (κ1) is 48.1. The fraction of sp³-hybridized carbons (Fsp3) is 0.475. The minimum absolute atomic E-state index is 0.0125. The van der Waals surface area contributed by atoms with Gasteiger partial charge in [-0.2, -0.15) is 0 Å². The first-order chi connectivity index (χ1) is 28.7. The second-order valence-corrected chi connectivity index (χ2v) is 14.4. The van der Waals surface area contributed by atoms with Crippen molar-refractivity contribution in [2.24, 2.45) is 33.7 Å². The normalized spacial score (nSPS) is 13.5. The number of H-pyrrole nitrogens is 1. The Morgan fingerprint density at radius 2 is 1.28 bits per heavy atom. The van der Waals surface area contributed by atoms with Gasteiger partial charge in [-0.05, 0) is 93.8 Å². The minimum atomic E-state index is -1.27. The molecule has 0 spiro atoms. The van der Waals surface area contributed by atoms with Gasteiger partial charge in [0.1, 0.15) is 29.9 Å². The average Bonchev–Trinajstić information content (AvgIpc) is 3.63. The molecule has 0 unspecified atom stereocenters. The number of carboxylic acids is 1. The van der Waals surface area contributed by atoms with Crippen LogP contribution in [0.3, 0.4) is 0 Å². The zero-order chi connectivity index (χ0) is 44.0. The fourth-order valence-electron chi connectivity index (χ4n) is 6.33. The van der Waals surface area contributed by atoms with Crippen LogP contribution in [-0.2, 0) is 41.6 Å². The molecule has 1 heterocycles. The maximum Gasteiger partial charge on any atom is 0.326 e. The molecule has 0 aliphatic carbocycles. The van der Waals surface area contributed by atoms with Crippen molar-refractivity contribution < 1.29 is 39.0 Å². The van der Waals surface area contributed by atoms with Crippen molar-refractivity contribution in [1.29, 1.82) is 0 Å². The third-order valence-electron chi connectivity index (χ3n) is 9.63. The number of nitrogens with zero attached hydrogens (tertiary/aromatic N) is 1. The number of para-hydroxylation sites is 1. The van der Waals surface area contributed by atoms with E-state index in [1.165, 1.54) is 12.1 Å². The van der Waals surface area contributed by atoms with Crippen LogP contribution in [0.5, 0.6) is 5.75 Å². The lowest BCUT2D eigenvalue weighted by Gasteiger charge is -2.25. The number of fused-ring (bicyclic) bond motifs is 1. The highest BCUT2D eigenvalue weighted by Crippen LogP contribution is 2.19. The number of aromatic nitrogens is 1. The summed E-state index contributed by atoms with van der Waals surface area (Å²) in [4.78, 5) is 86.7. The lowest BCUT2D eigenvalue weighted by atomic mass is 10.0. The smallest absolute Gasteiger partial charge is 0.326 e. The number of phenolic OH excluding ortho intramolecular Hbond substituents is 1. The number of aromatic hydroxyl groups is 1. The fourth-order valence-corrected chi connectivity index (χ4v) is 6.33. The van der Waals surface area contributed by atoms with Gasteiger partial charge in [0.2, 0.25) is 29.5 Å². The monoisotopic (exact) mass is 836 g/mol. The highest BCUT2D eigenvalue weighted by Gasteiger charge is 2.30. The van der Waals surface area contributed by atoms with Crippen LogP contribution < -0.4 is 55.3 Å². The number of hydrogen-bond acceptors (Lipinski definition) is 11. The van der Waals surface area contributed by atoms with E-state index in [-0.39, 0.29) is 50.4 Å². The number of aliphatic carboxylic acids is 1. The zero-order valence-electron chi connectivity index (χ0n) is 33.7. The molecule has 328 valence electrons. The summed E-state index contributed by atoms with van der Waals surface area (Å²) in [6.45, 7) is 0.339. The molecule has 0 saturated heterocycles. The molecule has 60 heavy (non-hydrogen) atoms. The third-order valence-corrected chi connectivity index (χ3v) is 9.63. The number of nitrogens with one attached hydrogen (secondary N) is 6. The standard InChI is InChI=1S/C40H60N12O8/c41-17-5-3-11-30(50-35(55)28(43)9-7-19-46-40(44)45)37(57)52-32(20-24-13-15-26(53)16-14-24)36(56)48-23-34(54)49-33(21-25-22-47-29-10-2-1-8-27(25)29)38(58)51-31(39(59)60)12-4-6-18-42/h1-2,8,10,13-16,22,28,30-33,47,53H,3-7,9,11-12,17-21,23,41-43H2,(H,48,56)(H,49,54)(H,50,55)(H,51,58)(H,52,57)(H,59,60)(H4,44,45,46)/t28-,30-,31-,32-,33-/m0/s1. The molecule has 0 aliphatic rings. The molecule has 3 rings (SSSR count). The van der Waals surface area contributed by atoms with E-state index in [0.717, 1.165) is 10.9 Å². The topological polar surface area (TPSA) is 361 Å². The molecule has 0 bridgehead atoms. The van der Waals surface area contributed by atoms with Crippen LogP contribution in [0.4, 0.5) is 0 Å². The van der Waals surface area contributed by atoms with Crippen molar-refractivity contribution in [3.05, 3.63) is 65.9 Å². The maximum absolute atomic E-state index is 13.8. The number of nitrogens with two attached hydrogens (primary N) is 5. The highest BCUT2D eigenvalue weighted by molar-refractivity contribution is 5.96. The summed E-state index contributed by atoms with van der Waals surface area (Å²) in [6, 6.07) is 7.46. The van der Waals surface area contributed by atoms with Crippen LogP contribution in [0, 0.1) is 0 Å². The van der Waals surface area contributed by atoms with Gasteiger partial charge in [-0.15, -0.1) is 0 Å². The molecule has 20 heteroatoms. The van der Waals surface area contributed by atoms with Gasteiger partial charge in [0.15, 0.2) is 5.96 Å². The lowest BCUT2D eigenvalue weighted by molar-refractivity contribution is -0.142. The number of aromatic amines is 1. The average molecular weight is 837 g/mol. The largest absolute Gasteiger partial charge is 0.508 e. The van der Waals surface area contributed by atoms with Gasteiger partial charge >= 0.3 is 5.97 Å². The summed E-state index contributed by atoms with van der Waals surface area (Å²) in [5.41, 5.74) is 30.1. The molecule has 18 N–H and O–H groups in total. The van der Waals surface area contributed by atoms with Crippen LogP contribution in [0.25, 0.3) is 10.9 Å². The van der Waals surface area contributed by atoms with Crippen LogP contribution in [0.1, 0.15) is 62.5 Å².